The van der Waals surface area contributed by atoms with Crippen molar-refractivity contribution < 1.29 is 4.74 Å². The third-order valence-electron chi connectivity index (χ3n) is 2.89. The molecule has 0 aromatic heterocycles. The van der Waals surface area contributed by atoms with E-state index in [0.29, 0.717) is 6.04 Å². The number of anilines is 1. The zero-order valence-corrected chi connectivity index (χ0v) is 11.5. The Morgan fingerprint density at radius 3 is 3.06 bits per heavy atom. The van der Waals surface area contributed by atoms with Crippen LogP contribution in [0.1, 0.15) is 25.3 Å². The summed E-state index contributed by atoms with van der Waals surface area (Å²) in [4.78, 5) is 0. The first-order valence-corrected chi connectivity index (χ1v) is 7.53. The van der Waals surface area contributed by atoms with Gasteiger partial charge in [0.1, 0.15) is 5.75 Å². The molecule has 2 nitrogen and oxygen atoms in total. The zero-order chi connectivity index (χ0) is 12.1. The van der Waals surface area contributed by atoms with E-state index >= 15 is 0 Å². The van der Waals surface area contributed by atoms with Crippen molar-refractivity contribution in [1.29, 1.82) is 0 Å². The minimum Gasteiger partial charge on any atom is -0.491 e. The van der Waals surface area contributed by atoms with Gasteiger partial charge in [-0.2, -0.15) is 11.8 Å². The number of hydrogen-bond donors (Lipinski definition) is 1. The normalized spacial score (nSPS) is 19.3. The van der Waals surface area contributed by atoms with Crippen LogP contribution in [0.3, 0.4) is 0 Å². The SMILES string of the molecule is CCCOc1cc(C)ccc1NC1CCSC1. The van der Waals surface area contributed by atoms with Gasteiger partial charge >= 0.3 is 0 Å². The maximum absolute atomic E-state index is 5.81. The molecule has 2 rings (SSSR count). The predicted octanol–water partition coefficient (Wildman–Crippen LogP) is 3.70. The fraction of sp³-hybridized carbons (Fsp3) is 0.571. The first-order chi connectivity index (χ1) is 8.29. The van der Waals surface area contributed by atoms with E-state index in [1.54, 1.807) is 0 Å². The van der Waals surface area contributed by atoms with E-state index in [1.165, 1.54) is 23.5 Å². The van der Waals surface area contributed by atoms with Crippen molar-refractivity contribution in [1.82, 2.24) is 0 Å². The first kappa shape index (κ1) is 12.6. The highest BCUT2D eigenvalue weighted by atomic mass is 32.2. The molecule has 1 unspecified atom stereocenters. The Morgan fingerprint density at radius 2 is 2.35 bits per heavy atom. The minimum atomic E-state index is 0.603. The van der Waals surface area contributed by atoms with Gasteiger partial charge in [-0.05, 0) is 43.2 Å². The van der Waals surface area contributed by atoms with Crippen molar-refractivity contribution in [2.45, 2.75) is 32.7 Å². The maximum Gasteiger partial charge on any atom is 0.142 e. The number of ether oxygens (including phenoxy) is 1. The first-order valence-electron chi connectivity index (χ1n) is 6.37. The molecular weight excluding hydrogens is 230 g/mol. The standard InChI is InChI=1S/C14H21NOS/c1-3-7-16-14-9-11(2)4-5-13(14)15-12-6-8-17-10-12/h4-5,9,12,15H,3,6-8,10H2,1-2H3. The molecule has 0 radical (unpaired) electrons. The average molecular weight is 251 g/mol. The van der Waals surface area contributed by atoms with Crippen LogP contribution in [0.25, 0.3) is 0 Å². The lowest BCUT2D eigenvalue weighted by atomic mass is 10.2. The zero-order valence-electron chi connectivity index (χ0n) is 10.7. The van der Waals surface area contributed by atoms with Gasteiger partial charge in [-0.3, -0.25) is 0 Å². The lowest BCUT2D eigenvalue weighted by Crippen LogP contribution is -2.18. The molecule has 1 aromatic rings. The molecule has 94 valence electrons. The molecule has 17 heavy (non-hydrogen) atoms. The minimum absolute atomic E-state index is 0.603. The molecule has 0 amide bonds. The van der Waals surface area contributed by atoms with Crippen LogP contribution in [-0.4, -0.2) is 24.2 Å². The second kappa shape index (κ2) is 6.20. The molecular formula is C14H21NOS. The average Bonchev–Trinajstić information content (AvgIpc) is 2.82. The molecule has 1 aliphatic heterocycles. The fourth-order valence-corrected chi connectivity index (χ4v) is 3.10. The van der Waals surface area contributed by atoms with E-state index in [-0.39, 0.29) is 0 Å². The molecule has 0 saturated carbocycles. The summed E-state index contributed by atoms with van der Waals surface area (Å²) in [5.41, 5.74) is 2.40. The summed E-state index contributed by atoms with van der Waals surface area (Å²) in [6.07, 6.45) is 2.30. The Labute approximate surface area is 108 Å². The highest BCUT2D eigenvalue weighted by molar-refractivity contribution is 7.99. The van der Waals surface area contributed by atoms with Gasteiger partial charge in [0.05, 0.1) is 12.3 Å². The van der Waals surface area contributed by atoms with E-state index in [0.717, 1.165) is 24.5 Å². The van der Waals surface area contributed by atoms with E-state index in [9.17, 15) is 0 Å². The molecule has 1 heterocycles. The molecule has 1 fully saturated rings. The van der Waals surface area contributed by atoms with Crippen LogP contribution in [0.5, 0.6) is 5.75 Å². The molecule has 1 saturated heterocycles. The second-order valence-electron chi connectivity index (χ2n) is 4.55. The lowest BCUT2D eigenvalue weighted by Gasteiger charge is -2.17. The van der Waals surface area contributed by atoms with Gasteiger partial charge < -0.3 is 10.1 Å². The van der Waals surface area contributed by atoms with Crippen LogP contribution >= 0.6 is 11.8 Å². The quantitative estimate of drug-likeness (QED) is 0.862. The highest BCUT2D eigenvalue weighted by Gasteiger charge is 2.16. The second-order valence-corrected chi connectivity index (χ2v) is 5.70. The van der Waals surface area contributed by atoms with Crippen LogP contribution in [0.2, 0.25) is 0 Å². The largest absolute Gasteiger partial charge is 0.491 e. The van der Waals surface area contributed by atoms with Crippen LogP contribution in [0, 0.1) is 6.92 Å². The van der Waals surface area contributed by atoms with E-state index in [2.05, 4.69) is 37.4 Å². The van der Waals surface area contributed by atoms with Gasteiger partial charge in [-0.25, -0.2) is 0 Å². The Balaban J connectivity index is 2.07. The monoisotopic (exact) mass is 251 g/mol. The molecule has 0 bridgehead atoms. The van der Waals surface area contributed by atoms with E-state index in [1.807, 2.05) is 11.8 Å². The number of thioether (sulfide) groups is 1. The third-order valence-corrected chi connectivity index (χ3v) is 4.05. The molecule has 1 atom stereocenters. The topological polar surface area (TPSA) is 21.3 Å². The summed E-state index contributed by atoms with van der Waals surface area (Å²) >= 11 is 2.02. The van der Waals surface area contributed by atoms with Crippen molar-refractivity contribution in [3.8, 4) is 5.75 Å². The lowest BCUT2D eigenvalue weighted by molar-refractivity contribution is 0.318. The molecule has 0 spiro atoms. The van der Waals surface area contributed by atoms with Crippen molar-refractivity contribution in [3.63, 3.8) is 0 Å². The van der Waals surface area contributed by atoms with E-state index < -0.39 is 0 Å². The fourth-order valence-electron chi connectivity index (χ4n) is 1.95. The third kappa shape index (κ3) is 3.56. The van der Waals surface area contributed by atoms with E-state index in [4.69, 9.17) is 4.74 Å². The van der Waals surface area contributed by atoms with Gasteiger partial charge in [0.2, 0.25) is 0 Å². The van der Waals surface area contributed by atoms with Crippen molar-refractivity contribution >= 4 is 17.4 Å². The van der Waals surface area contributed by atoms with Crippen molar-refractivity contribution in [2.24, 2.45) is 0 Å². The van der Waals surface area contributed by atoms with Gasteiger partial charge in [-0.15, -0.1) is 0 Å². The maximum atomic E-state index is 5.81. The number of hydrogen-bond acceptors (Lipinski definition) is 3. The highest BCUT2D eigenvalue weighted by Crippen LogP contribution is 2.29. The summed E-state index contributed by atoms with van der Waals surface area (Å²) in [6, 6.07) is 7.01. The Bertz CT molecular complexity index is 361. The summed E-state index contributed by atoms with van der Waals surface area (Å²) in [5.74, 6) is 3.49. The van der Waals surface area contributed by atoms with Gasteiger partial charge in [0.25, 0.3) is 0 Å². The molecule has 1 N–H and O–H groups in total. The summed E-state index contributed by atoms with van der Waals surface area (Å²) in [6.45, 7) is 5.03. The number of rotatable bonds is 5. The predicted molar refractivity (Wildman–Crippen MR) is 76.3 cm³/mol. The molecule has 1 aromatic carbocycles. The summed E-state index contributed by atoms with van der Waals surface area (Å²) in [5, 5.41) is 3.60. The smallest absolute Gasteiger partial charge is 0.142 e. The number of benzene rings is 1. The Kier molecular flexibility index (Phi) is 4.60. The number of aryl methyl sites for hydroxylation is 1. The molecule has 3 heteroatoms. The Morgan fingerprint density at radius 1 is 1.47 bits per heavy atom. The van der Waals surface area contributed by atoms with Crippen LogP contribution in [0.4, 0.5) is 5.69 Å². The van der Waals surface area contributed by atoms with Crippen molar-refractivity contribution in [3.05, 3.63) is 23.8 Å². The van der Waals surface area contributed by atoms with Gasteiger partial charge in [0.15, 0.2) is 0 Å². The summed E-state index contributed by atoms with van der Waals surface area (Å²) in [7, 11) is 0. The summed E-state index contributed by atoms with van der Waals surface area (Å²) < 4.78 is 5.81. The number of nitrogens with one attached hydrogen (secondary N) is 1. The van der Waals surface area contributed by atoms with Crippen LogP contribution in [-0.2, 0) is 0 Å². The Hall–Kier alpha value is -0.830. The van der Waals surface area contributed by atoms with Gasteiger partial charge in [-0.1, -0.05) is 13.0 Å². The van der Waals surface area contributed by atoms with Crippen LogP contribution < -0.4 is 10.1 Å². The van der Waals surface area contributed by atoms with Crippen molar-refractivity contribution in [2.75, 3.05) is 23.4 Å². The molecule has 0 aliphatic carbocycles. The van der Waals surface area contributed by atoms with Gasteiger partial charge in [0, 0.05) is 11.8 Å². The molecule has 1 aliphatic rings. The van der Waals surface area contributed by atoms with Crippen LogP contribution in [0.15, 0.2) is 18.2 Å².